The maximum absolute atomic E-state index is 3.50. The molecular formula is C12H21N3S. The first kappa shape index (κ1) is 12.0. The monoisotopic (exact) mass is 239 g/mol. The molecule has 1 N–H and O–H groups in total. The van der Waals surface area contributed by atoms with Crippen molar-refractivity contribution in [2.75, 3.05) is 37.7 Å². The van der Waals surface area contributed by atoms with Crippen molar-refractivity contribution in [3.05, 3.63) is 24.0 Å². The summed E-state index contributed by atoms with van der Waals surface area (Å²) in [4.78, 5) is 2.55. The third-order valence-corrected chi connectivity index (χ3v) is 3.87. The van der Waals surface area contributed by atoms with Crippen molar-refractivity contribution in [1.29, 1.82) is 0 Å². The highest BCUT2D eigenvalue weighted by Crippen LogP contribution is 2.08. The van der Waals surface area contributed by atoms with Gasteiger partial charge in [0.2, 0.25) is 0 Å². The SMILES string of the molecule is Cn1ccc(CNCCN2CCSCC2)c1. The Hall–Kier alpha value is -0.450. The van der Waals surface area contributed by atoms with Gasteiger partial charge in [0.15, 0.2) is 0 Å². The topological polar surface area (TPSA) is 20.2 Å². The van der Waals surface area contributed by atoms with Crippen molar-refractivity contribution in [1.82, 2.24) is 14.8 Å². The molecule has 3 nitrogen and oxygen atoms in total. The lowest BCUT2D eigenvalue weighted by Crippen LogP contribution is -2.37. The molecule has 16 heavy (non-hydrogen) atoms. The fourth-order valence-corrected chi connectivity index (χ4v) is 2.94. The molecule has 0 spiro atoms. The molecule has 1 aliphatic heterocycles. The van der Waals surface area contributed by atoms with Crippen LogP contribution >= 0.6 is 11.8 Å². The molecule has 0 radical (unpaired) electrons. The van der Waals surface area contributed by atoms with E-state index in [1.165, 1.54) is 36.7 Å². The van der Waals surface area contributed by atoms with E-state index in [4.69, 9.17) is 0 Å². The molecule has 0 saturated carbocycles. The third-order valence-electron chi connectivity index (χ3n) is 2.93. The minimum Gasteiger partial charge on any atom is -0.357 e. The number of thioether (sulfide) groups is 1. The van der Waals surface area contributed by atoms with Gasteiger partial charge in [0, 0.05) is 63.7 Å². The first-order valence-corrected chi connectivity index (χ1v) is 7.12. The van der Waals surface area contributed by atoms with Crippen LogP contribution in [0.5, 0.6) is 0 Å². The highest BCUT2D eigenvalue weighted by molar-refractivity contribution is 7.99. The van der Waals surface area contributed by atoms with E-state index in [2.05, 4.69) is 52.1 Å². The zero-order valence-electron chi connectivity index (χ0n) is 9.98. The van der Waals surface area contributed by atoms with Gasteiger partial charge < -0.3 is 14.8 Å². The molecule has 0 bridgehead atoms. The van der Waals surface area contributed by atoms with E-state index in [1.54, 1.807) is 0 Å². The predicted octanol–water partition coefficient (Wildman–Crippen LogP) is 1.16. The molecule has 90 valence electrons. The lowest BCUT2D eigenvalue weighted by Gasteiger charge is -2.26. The van der Waals surface area contributed by atoms with E-state index >= 15 is 0 Å². The normalized spacial score (nSPS) is 17.8. The van der Waals surface area contributed by atoms with Crippen LogP contribution in [-0.4, -0.2) is 47.2 Å². The van der Waals surface area contributed by atoms with Crippen LogP contribution in [0.1, 0.15) is 5.56 Å². The smallest absolute Gasteiger partial charge is 0.0221 e. The van der Waals surface area contributed by atoms with Crippen molar-refractivity contribution < 1.29 is 0 Å². The Morgan fingerprint density at radius 1 is 1.38 bits per heavy atom. The summed E-state index contributed by atoms with van der Waals surface area (Å²) in [6.07, 6.45) is 4.27. The van der Waals surface area contributed by atoms with Crippen LogP contribution in [-0.2, 0) is 13.6 Å². The molecule has 0 atom stereocenters. The molecule has 0 aliphatic carbocycles. The van der Waals surface area contributed by atoms with Crippen LogP contribution in [0.3, 0.4) is 0 Å². The number of nitrogens with one attached hydrogen (secondary N) is 1. The van der Waals surface area contributed by atoms with Gasteiger partial charge in [-0.25, -0.2) is 0 Å². The standard InChI is InChI=1S/C12H21N3S/c1-14-4-2-12(11-14)10-13-3-5-15-6-8-16-9-7-15/h2,4,11,13H,3,5-10H2,1H3. The summed E-state index contributed by atoms with van der Waals surface area (Å²) >= 11 is 2.07. The molecule has 0 amide bonds. The van der Waals surface area contributed by atoms with E-state index in [0.717, 1.165) is 13.1 Å². The Morgan fingerprint density at radius 2 is 2.19 bits per heavy atom. The highest BCUT2D eigenvalue weighted by Gasteiger charge is 2.08. The Bertz CT molecular complexity index is 305. The number of nitrogens with zero attached hydrogens (tertiary/aromatic N) is 2. The second-order valence-electron chi connectivity index (χ2n) is 4.32. The van der Waals surface area contributed by atoms with Gasteiger partial charge in [-0.1, -0.05) is 0 Å². The lowest BCUT2D eigenvalue weighted by molar-refractivity contribution is 0.301. The Kier molecular flexibility index (Phi) is 4.75. The quantitative estimate of drug-likeness (QED) is 0.779. The summed E-state index contributed by atoms with van der Waals surface area (Å²) in [6, 6.07) is 2.17. The minimum atomic E-state index is 0.990. The van der Waals surface area contributed by atoms with Gasteiger partial charge in [-0.05, 0) is 11.6 Å². The van der Waals surface area contributed by atoms with Gasteiger partial charge in [0.25, 0.3) is 0 Å². The minimum absolute atomic E-state index is 0.990. The van der Waals surface area contributed by atoms with Gasteiger partial charge in [0.1, 0.15) is 0 Å². The van der Waals surface area contributed by atoms with E-state index in [1.807, 2.05) is 0 Å². The molecule has 2 rings (SSSR count). The van der Waals surface area contributed by atoms with Crippen molar-refractivity contribution in [2.24, 2.45) is 7.05 Å². The van der Waals surface area contributed by atoms with E-state index < -0.39 is 0 Å². The number of aryl methyl sites for hydroxylation is 1. The summed E-state index contributed by atoms with van der Waals surface area (Å²) in [5.41, 5.74) is 1.37. The van der Waals surface area contributed by atoms with Gasteiger partial charge in [-0.2, -0.15) is 11.8 Å². The third kappa shape index (κ3) is 3.85. The Labute approximate surface area is 102 Å². The number of hydrogen-bond donors (Lipinski definition) is 1. The molecule has 1 aromatic rings. The molecule has 1 aliphatic rings. The lowest BCUT2D eigenvalue weighted by atomic mass is 10.3. The molecule has 0 aromatic carbocycles. The molecular weight excluding hydrogens is 218 g/mol. The highest BCUT2D eigenvalue weighted by atomic mass is 32.2. The second kappa shape index (κ2) is 6.33. The molecule has 1 fully saturated rings. The van der Waals surface area contributed by atoms with Crippen molar-refractivity contribution in [3.63, 3.8) is 0 Å². The fourth-order valence-electron chi connectivity index (χ4n) is 1.96. The van der Waals surface area contributed by atoms with Gasteiger partial charge in [0.05, 0.1) is 0 Å². The van der Waals surface area contributed by atoms with Crippen LogP contribution < -0.4 is 5.32 Å². The first-order valence-electron chi connectivity index (χ1n) is 5.96. The van der Waals surface area contributed by atoms with Crippen molar-refractivity contribution in [2.45, 2.75) is 6.54 Å². The average molecular weight is 239 g/mol. The number of aromatic nitrogens is 1. The molecule has 1 saturated heterocycles. The zero-order valence-corrected chi connectivity index (χ0v) is 10.8. The van der Waals surface area contributed by atoms with Crippen molar-refractivity contribution in [3.8, 4) is 0 Å². The van der Waals surface area contributed by atoms with E-state index in [9.17, 15) is 0 Å². The summed E-state index contributed by atoms with van der Waals surface area (Å²) < 4.78 is 2.10. The van der Waals surface area contributed by atoms with Crippen LogP contribution in [0.4, 0.5) is 0 Å². The van der Waals surface area contributed by atoms with Crippen molar-refractivity contribution >= 4 is 11.8 Å². The van der Waals surface area contributed by atoms with Crippen LogP contribution in [0.15, 0.2) is 18.5 Å². The maximum Gasteiger partial charge on any atom is 0.0221 e. The first-order chi connectivity index (χ1) is 7.84. The average Bonchev–Trinajstić information content (AvgIpc) is 2.72. The van der Waals surface area contributed by atoms with Gasteiger partial charge >= 0.3 is 0 Å². The Balaban J connectivity index is 1.57. The summed E-state index contributed by atoms with van der Waals surface area (Å²) in [5.74, 6) is 2.61. The number of rotatable bonds is 5. The second-order valence-corrected chi connectivity index (χ2v) is 5.54. The van der Waals surface area contributed by atoms with E-state index in [-0.39, 0.29) is 0 Å². The van der Waals surface area contributed by atoms with Gasteiger partial charge in [-0.15, -0.1) is 0 Å². The van der Waals surface area contributed by atoms with Gasteiger partial charge in [-0.3, -0.25) is 0 Å². The summed E-state index contributed by atoms with van der Waals surface area (Å²) in [7, 11) is 2.06. The zero-order chi connectivity index (χ0) is 11.2. The van der Waals surface area contributed by atoms with Crippen LogP contribution in [0.2, 0.25) is 0 Å². The van der Waals surface area contributed by atoms with Crippen LogP contribution in [0.25, 0.3) is 0 Å². The van der Waals surface area contributed by atoms with E-state index in [0.29, 0.717) is 0 Å². The molecule has 4 heteroatoms. The largest absolute Gasteiger partial charge is 0.357 e. The molecule has 1 aromatic heterocycles. The number of hydrogen-bond acceptors (Lipinski definition) is 3. The molecule has 2 heterocycles. The summed E-state index contributed by atoms with van der Waals surface area (Å²) in [5, 5.41) is 3.50. The maximum atomic E-state index is 3.50. The predicted molar refractivity (Wildman–Crippen MR) is 70.9 cm³/mol. The molecule has 0 unspecified atom stereocenters. The van der Waals surface area contributed by atoms with Crippen LogP contribution in [0, 0.1) is 0 Å². The fraction of sp³-hybridized carbons (Fsp3) is 0.667. The Morgan fingerprint density at radius 3 is 2.88 bits per heavy atom. The summed E-state index contributed by atoms with van der Waals surface area (Å²) in [6.45, 7) is 5.80.